The molecule has 0 saturated carbocycles. The molecule has 0 bridgehead atoms. The Balaban J connectivity index is 1.75. The van der Waals surface area contributed by atoms with Gasteiger partial charge in [0.1, 0.15) is 6.04 Å². The normalized spacial score (nSPS) is 11.7. The zero-order chi connectivity index (χ0) is 21.3. The molecule has 3 N–H and O–H groups in total. The summed E-state index contributed by atoms with van der Waals surface area (Å²) in [6.07, 6.45) is 0. The van der Waals surface area contributed by atoms with Gasteiger partial charge in [0.25, 0.3) is 0 Å². The van der Waals surface area contributed by atoms with Crippen LogP contribution in [0.1, 0.15) is 31.0 Å². The molecule has 3 aromatic rings. The standard InChI is InChI=1S/C25H27N3O2/c1-18(2)22(28-25(30)26-21-16-10-5-11-17-21)24(29)27-23(19-12-6-3-7-13-19)20-14-8-4-9-15-20/h3-18,22-23H,1-2H3,(H,27,29)(H2,26,28,30). The fourth-order valence-electron chi connectivity index (χ4n) is 3.25. The molecule has 0 aromatic heterocycles. The largest absolute Gasteiger partial charge is 0.343 e. The lowest BCUT2D eigenvalue weighted by atomic mass is 9.97. The van der Waals surface area contributed by atoms with Crippen LogP contribution in [-0.4, -0.2) is 18.0 Å². The van der Waals surface area contributed by atoms with Crippen molar-refractivity contribution in [1.29, 1.82) is 0 Å². The lowest BCUT2D eigenvalue weighted by Crippen LogP contribution is -2.51. The fourth-order valence-corrected chi connectivity index (χ4v) is 3.25. The Morgan fingerprint density at radius 1 is 0.667 bits per heavy atom. The van der Waals surface area contributed by atoms with E-state index in [4.69, 9.17) is 0 Å². The molecule has 1 unspecified atom stereocenters. The van der Waals surface area contributed by atoms with Gasteiger partial charge in [-0.25, -0.2) is 4.79 Å². The number of anilines is 1. The Labute approximate surface area is 177 Å². The Kier molecular flexibility index (Phi) is 7.22. The molecular weight excluding hydrogens is 374 g/mol. The van der Waals surface area contributed by atoms with Gasteiger partial charge in [-0.05, 0) is 29.2 Å². The molecule has 1 atom stereocenters. The number of urea groups is 1. The Morgan fingerprint density at radius 3 is 1.60 bits per heavy atom. The first-order valence-electron chi connectivity index (χ1n) is 10.1. The third kappa shape index (κ3) is 5.70. The van der Waals surface area contributed by atoms with Crippen LogP contribution in [0.15, 0.2) is 91.0 Å². The van der Waals surface area contributed by atoms with E-state index in [1.807, 2.05) is 92.7 Å². The molecule has 0 radical (unpaired) electrons. The van der Waals surface area contributed by atoms with E-state index in [1.54, 1.807) is 12.1 Å². The molecule has 30 heavy (non-hydrogen) atoms. The van der Waals surface area contributed by atoms with Gasteiger partial charge in [-0.15, -0.1) is 0 Å². The van der Waals surface area contributed by atoms with E-state index >= 15 is 0 Å². The number of nitrogens with one attached hydrogen (secondary N) is 3. The molecule has 0 saturated heterocycles. The average Bonchev–Trinajstić information content (AvgIpc) is 2.77. The van der Waals surface area contributed by atoms with Gasteiger partial charge in [0, 0.05) is 5.69 Å². The number of hydrogen-bond acceptors (Lipinski definition) is 2. The Bertz CT molecular complexity index is 904. The molecule has 0 aliphatic heterocycles. The van der Waals surface area contributed by atoms with E-state index in [1.165, 1.54) is 0 Å². The van der Waals surface area contributed by atoms with Gasteiger partial charge in [-0.3, -0.25) is 4.79 Å². The smallest absolute Gasteiger partial charge is 0.319 e. The van der Waals surface area contributed by atoms with Crippen molar-refractivity contribution in [3.8, 4) is 0 Å². The average molecular weight is 402 g/mol. The van der Waals surface area contributed by atoms with Gasteiger partial charge >= 0.3 is 6.03 Å². The van der Waals surface area contributed by atoms with Crippen molar-refractivity contribution in [2.24, 2.45) is 5.92 Å². The topological polar surface area (TPSA) is 70.2 Å². The molecule has 0 fully saturated rings. The molecule has 0 spiro atoms. The third-order valence-corrected chi connectivity index (χ3v) is 4.82. The van der Waals surface area contributed by atoms with Crippen LogP contribution in [0.4, 0.5) is 10.5 Å². The molecule has 5 heteroatoms. The first-order valence-corrected chi connectivity index (χ1v) is 10.1. The van der Waals surface area contributed by atoms with Crippen molar-refractivity contribution < 1.29 is 9.59 Å². The number of amides is 3. The van der Waals surface area contributed by atoms with Crippen LogP contribution in [0.5, 0.6) is 0 Å². The zero-order valence-electron chi connectivity index (χ0n) is 17.2. The van der Waals surface area contributed by atoms with Crippen molar-refractivity contribution in [1.82, 2.24) is 10.6 Å². The third-order valence-electron chi connectivity index (χ3n) is 4.82. The Morgan fingerprint density at radius 2 is 1.13 bits per heavy atom. The molecule has 3 amide bonds. The Hall–Kier alpha value is -3.60. The number of carbonyl (C=O) groups excluding carboxylic acids is 2. The van der Waals surface area contributed by atoms with E-state index < -0.39 is 12.1 Å². The highest BCUT2D eigenvalue weighted by Crippen LogP contribution is 2.22. The number of hydrogen-bond donors (Lipinski definition) is 3. The summed E-state index contributed by atoms with van der Waals surface area (Å²) in [6.45, 7) is 3.82. The second-order valence-electron chi connectivity index (χ2n) is 7.45. The van der Waals surface area contributed by atoms with Crippen LogP contribution in [0.3, 0.4) is 0 Å². The van der Waals surface area contributed by atoms with Crippen LogP contribution >= 0.6 is 0 Å². The van der Waals surface area contributed by atoms with Gasteiger partial charge < -0.3 is 16.0 Å². The fraction of sp³-hybridized carbons (Fsp3) is 0.200. The summed E-state index contributed by atoms with van der Waals surface area (Å²) in [7, 11) is 0. The van der Waals surface area contributed by atoms with Crippen LogP contribution in [0.2, 0.25) is 0 Å². The highest BCUT2D eigenvalue weighted by molar-refractivity contribution is 5.94. The summed E-state index contributed by atoms with van der Waals surface area (Å²) in [5, 5.41) is 8.70. The zero-order valence-corrected chi connectivity index (χ0v) is 17.2. The second kappa shape index (κ2) is 10.3. The molecule has 154 valence electrons. The molecular formula is C25H27N3O2. The summed E-state index contributed by atoms with van der Waals surface area (Å²) in [5.74, 6) is -0.315. The monoisotopic (exact) mass is 401 g/mol. The number of carbonyl (C=O) groups is 2. The number of rotatable bonds is 7. The molecule has 3 rings (SSSR count). The van der Waals surface area contributed by atoms with Gasteiger partial charge in [0.15, 0.2) is 0 Å². The highest BCUT2D eigenvalue weighted by atomic mass is 16.2. The molecule has 0 aliphatic carbocycles. The second-order valence-corrected chi connectivity index (χ2v) is 7.45. The predicted octanol–water partition coefficient (Wildman–Crippen LogP) is 4.74. The van der Waals surface area contributed by atoms with Crippen LogP contribution < -0.4 is 16.0 Å². The lowest BCUT2D eigenvalue weighted by molar-refractivity contribution is -0.124. The summed E-state index contributed by atoms with van der Waals surface area (Å²) in [6, 6.07) is 27.4. The van der Waals surface area contributed by atoms with E-state index in [9.17, 15) is 9.59 Å². The minimum absolute atomic E-state index is 0.0845. The first-order chi connectivity index (χ1) is 14.5. The molecule has 5 nitrogen and oxygen atoms in total. The van der Waals surface area contributed by atoms with Gasteiger partial charge in [-0.1, -0.05) is 92.7 Å². The maximum atomic E-state index is 13.2. The van der Waals surface area contributed by atoms with Crippen molar-refractivity contribution in [3.63, 3.8) is 0 Å². The summed E-state index contributed by atoms with van der Waals surface area (Å²) >= 11 is 0. The van der Waals surface area contributed by atoms with Crippen molar-refractivity contribution in [3.05, 3.63) is 102 Å². The van der Waals surface area contributed by atoms with Crippen molar-refractivity contribution in [2.75, 3.05) is 5.32 Å². The number of para-hydroxylation sites is 1. The van der Waals surface area contributed by atoms with E-state index in [0.29, 0.717) is 5.69 Å². The van der Waals surface area contributed by atoms with Gasteiger partial charge in [0.2, 0.25) is 5.91 Å². The highest BCUT2D eigenvalue weighted by Gasteiger charge is 2.27. The molecule has 3 aromatic carbocycles. The van der Waals surface area contributed by atoms with Gasteiger partial charge in [-0.2, -0.15) is 0 Å². The molecule has 0 aliphatic rings. The maximum absolute atomic E-state index is 13.2. The van der Waals surface area contributed by atoms with Crippen molar-refractivity contribution >= 4 is 17.6 Å². The van der Waals surface area contributed by atoms with Crippen LogP contribution in [0.25, 0.3) is 0 Å². The van der Waals surface area contributed by atoms with Crippen LogP contribution in [0, 0.1) is 5.92 Å². The maximum Gasteiger partial charge on any atom is 0.319 e. The first kappa shape index (κ1) is 21.1. The molecule has 0 heterocycles. The van der Waals surface area contributed by atoms with E-state index in [2.05, 4.69) is 16.0 Å². The van der Waals surface area contributed by atoms with Crippen molar-refractivity contribution in [2.45, 2.75) is 25.9 Å². The summed E-state index contributed by atoms with van der Waals surface area (Å²) < 4.78 is 0. The minimum Gasteiger partial charge on any atom is -0.343 e. The predicted molar refractivity (Wildman–Crippen MR) is 120 cm³/mol. The van der Waals surface area contributed by atoms with Gasteiger partial charge in [0.05, 0.1) is 6.04 Å². The summed E-state index contributed by atoms with van der Waals surface area (Å²) in [4.78, 5) is 25.6. The minimum atomic E-state index is -0.677. The summed E-state index contributed by atoms with van der Waals surface area (Å²) in [5.41, 5.74) is 2.63. The van der Waals surface area contributed by atoms with E-state index in [0.717, 1.165) is 11.1 Å². The van der Waals surface area contributed by atoms with E-state index in [-0.39, 0.29) is 17.9 Å². The number of benzene rings is 3. The quantitative estimate of drug-likeness (QED) is 0.535. The SMILES string of the molecule is CC(C)C(NC(=O)Nc1ccccc1)C(=O)NC(c1ccccc1)c1ccccc1. The lowest BCUT2D eigenvalue weighted by Gasteiger charge is -2.26. The van der Waals surface area contributed by atoms with Crippen LogP contribution in [-0.2, 0) is 4.79 Å².